The van der Waals surface area contributed by atoms with Gasteiger partial charge in [-0.1, -0.05) is 25.1 Å². The van der Waals surface area contributed by atoms with Crippen molar-refractivity contribution in [1.29, 1.82) is 0 Å². The molecule has 0 aliphatic rings. The van der Waals surface area contributed by atoms with Crippen LogP contribution in [0, 0.1) is 0 Å². The molecule has 0 aliphatic carbocycles. The zero-order valence-electron chi connectivity index (χ0n) is 10.2. The number of amides is 1. The molecule has 1 atom stereocenters. The monoisotopic (exact) mass is 236 g/mol. The Hall–Kier alpha value is -1.55. The fraction of sp³-hybridized carbons (Fsp3) is 0.462. The van der Waals surface area contributed by atoms with Crippen LogP contribution in [0.2, 0.25) is 0 Å². The molecule has 0 aromatic heterocycles. The second-order valence-electron chi connectivity index (χ2n) is 3.82. The first-order valence-electron chi connectivity index (χ1n) is 5.95. The van der Waals surface area contributed by atoms with Crippen molar-refractivity contribution in [3.05, 3.63) is 30.3 Å². The van der Waals surface area contributed by atoms with E-state index in [0.29, 0.717) is 19.6 Å². The molecule has 0 saturated heterocycles. The van der Waals surface area contributed by atoms with Crippen molar-refractivity contribution in [3.8, 4) is 5.75 Å². The smallest absolute Gasteiger partial charge is 0.236 e. The van der Waals surface area contributed by atoms with Gasteiger partial charge in [-0.25, -0.2) is 0 Å². The van der Waals surface area contributed by atoms with Crippen LogP contribution >= 0.6 is 0 Å². The van der Waals surface area contributed by atoms with Crippen LogP contribution in [0.25, 0.3) is 0 Å². The molecule has 1 rings (SSSR count). The Kier molecular flexibility index (Phi) is 6.10. The van der Waals surface area contributed by atoms with Gasteiger partial charge in [0.05, 0.1) is 12.6 Å². The standard InChI is InChI=1S/C13H20N2O2/c1-2-12(14)13(16)15-9-6-10-17-11-7-4-3-5-8-11/h3-5,7-8,12H,2,6,9-10,14H2,1H3,(H,15,16). The van der Waals surface area contributed by atoms with Gasteiger partial charge < -0.3 is 15.8 Å². The van der Waals surface area contributed by atoms with E-state index in [1.54, 1.807) is 0 Å². The third-order valence-corrected chi connectivity index (χ3v) is 2.41. The van der Waals surface area contributed by atoms with Crippen LogP contribution in [0.5, 0.6) is 5.75 Å². The lowest BCUT2D eigenvalue weighted by Gasteiger charge is -2.10. The van der Waals surface area contributed by atoms with Crippen molar-refractivity contribution in [1.82, 2.24) is 5.32 Å². The predicted octanol–water partition coefficient (Wildman–Crippen LogP) is 1.31. The van der Waals surface area contributed by atoms with Crippen LogP contribution in [0.3, 0.4) is 0 Å². The third kappa shape index (κ3) is 5.36. The molecule has 0 aliphatic heterocycles. The van der Waals surface area contributed by atoms with Gasteiger partial charge in [0.25, 0.3) is 0 Å². The molecule has 0 saturated carbocycles. The summed E-state index contributed by atoms with van der Waals surface area (Å²) >= 11 is 0. The summed E-state index contributed by atoms with van der Waals surface area (Å²) < 4.78 is 5.49. The molecule has 17 heavy (non-hydrogen) atoms. The molecule has 0 heterocycles. The van der Waals surface area contributed by atoms with Crippen LogP contribution < -0.4 is 15.8 Å². The molecule has 94 valence electrons. The van der Waals surface area contributed by atoms with E-state index in [4.69, 9.17) is 10.5 Å². The molecule has 4 heteroatoms. The van der Waals surface area contributed by atoms with E-state index in [-0.39, 0.29) is 5.91 Å². The van der Waals surface area contributed by atoms with E-state index in [0.717, 1.165) is 12.2 Å². The number of nitrogens with two attached hydrogens (primary N) is 1. The summed E-state index contributed by atoms with van der Waals surface area (Å²) in [6, 6.07) is 9.22. The Bertz CT molecular complexity index is 327. The average molecular weight is 236 g/mol. The topological polar surface area (TPSA) is 64.4 Å². The molecule has 1 amide bonds. The average Bonchev–Trinajstić information content (AvgIpc) is 2.38. The minimum absolute atomic E-state index is 0.0905. The molecule has 1 aromatic carbocycles. The second-order valence-corrected chi connectivity index (χ2v) is 3.82. The van der Waals surface area contributed by atoms with Gasteiger partial charge in [-0.2, -0.15) is 0 Å². The number of hydrogen-bond acceptors (Lipinski definition) is 3. The number of carbonyl (C=O) groups is 1. The summed E-state index contributed by atoms with van der Waals surface area (Å²) in [6.07, 6.45) is 1.43. The summed E-state index contributed by atoms with van der Waals surface area (Å²) in [7, 11) is 0. The zero-order chi connectivity index (χ0) is 12.5. The van der Waals surface area contributed by atoms with E-state index in [9.17, 15) is 4.79 Å². The minimum atomic E-state index is -0.398. The number of para-hydroxylation sites is 1. The Morgan fingerprint density at radius 1 is 1.41 bits per heavy atom. The molecule has 0 radical (unpaired) electrons. The van der Waals surface area contributed by atoms with Crippen molar-refractivity contribution < 1.29 is 9.53 Å². The van der Waals surface area contributed by atoms with Crippen LogP contribution in [-0.4, -0.2) is 25.1 Å². The van der Waals surface area contributed by atoms with E-state index < -0.39 is 6.04 Å². The first-order valence-corrected chi connectivity index (χ1v) is 5.95. The fourth-order valence-corrected chi connectivity index (χ4v) is 1.31. The number of rotatable bonds is 7. The molecule has 0 bridgehead atoms. The first kappa shape index (κ1) is 13.5. The molecular weight excluding hydrogens is 216 g/mol. The number of benzene rings is 1. The highest BCUT2D eigenvalue weighted by atomic mass is 16.5. The van der Waals surface area contributed by atoms with Gasteiger partial charge in [0.2, 0.25) is 5.91 Å². The maximum Gasteiger partial charge on any atom is 0.236 e. The maximum atomic E-state index is 11.3. The molecule has 4 nitrogen and oxygen atoms in total. The molecular formula is C13H20N2O2. The van der Waals surface area contributed by atoms with E-state index in [1.165, 1.54) is 0 Å². The Morgan fingerprint density at radius 3 is 2.76 bits per heavy atom. The Morgan fingerprint density at radius 2 is 2.12 bits per heavy atom. The minimum Gasteiger partial charge on any atom is -0.494 e. The number of hydrogen-bond donors (Lipinski definition) is 2. The molecule has 0 spiro atoms. The van der Waals surface area contributed by atoms with E-state index in [2.05, 4.69) is 5.32 Å². The third-order valence-electron chi connectivity index (χ3n) is 2.41. The lowest BCUT2D eigenvalue weighted by Crippen LogP contribution is -2.40. The van der Waals surface area contributed by atoms with Gasteiger partial charge in [0, 0.05) is 6.54 Å². The molecule has 3 N–H and O–H groups in total. The molecule has 1 aromatic rings. The van der Waals surface area contributed by atoms with Gasteiger partial charge in [-0.3, -0.25) is 4.79 Å². The summed E-state index contributed by atoms with van der Waals surface area (Å²) in [4.78, 5) is 11.3. The summed E-state index contributed by atoms with van der Waals surface area (Å²) in [6.45, 7) is 3.08. The maximum absolute atomic E-state index is 11.3. The number of nitrogens with one attached hydrogen (secondary N) is 1. The van der Waals surface area contributed by atoms with Crippen LogP contribution in [0.15, 0.2) is 30.3 Å². The molecule has 1 unspecified atom stereocenters. The Balaban J connectivity index is 2.07. The summed E-state index contributed by atoms with van der Waals surface area (Å²) in [5.41, 5.74) is 5.58. The second kappa shape index (κ2) is 7.68. The highest BCUT2D eigenvalue weighted by molar-refractivity contribution is 5.81. The number of carbonyl (C=O) groups excluding carboxylic acids is 1. The van der Waals surface area contributed by atoms with Gasteiger partial charge in [0.1, 0.15) is 5.75 Å². The number of ether oxygens (including phenoxy) is 1. The van der Waals surface area contributed by atoms with Gasteiger partial charge in [-0.15, -0.1) is 0 Å². The summed E-state index contributed by atoms with van der Waals surface area (Å²) in [5, 5.41) is 2.78. The van der Waals surface area contributed by atoms with Crippen LogP contribution in [0.1, 0.15) is 19.8 Å². The largest absolute Gasteiger partial charge is 0.494 e. The lowest BCUT2D eigenvalue weighted by molar-refractivity contribution is -0.122. The first-order chi connectivity index (χ1) is 8.24. The SMILES string of the molecule is CCC(N)C(=O)NCCCOc1ccccc1. The predicted molar refractivity (Wildman–Crippen MR) is 67.8 cm³/mol. The Labute approximate surface area is 102 Å². The van der Waals surface area contributed by atoms with Crippen molar-refractivity contribution in [2.24, 2.45) is 5.73 Å². The van der Waals surface area contributed by atoms with Gasteiger partial charge in [0.15, 0.2) is 0 Å². The van der Waals surface area contributed by atoms with Crippen molar-refractivity contribution in [3.63, 3.8) is 0 Å². The molecule has 0 fully saturated rings. The highest BCUT2D eigenvalue weighted by Gasteiger charge is 2.08. The van der Waals surface area contributed by atoms with Crippen LogP contribution in [0.4, 0.5) is 0 Å². The van der Waals surface area contributed by atoms with Gasteiger partial charge >= 0.3 is 0 Å². The lowest BCUT2D eigenvalue weighted by atomic mass is 10.2. The summed E-state index contributed by atoms with van der Waals surface area (Å²) in [5.74, 6) is 0.760. The zero-order valence-corrected chi connectivity index (χ0v) is 10.2. The normalized spacial score (nSPS) is 11.9. The van der Waals surface area contributed by atoms with Crippen molar-refractivity contribution in [2.75, 3.05) is 13.2 Å². The quantitative estimate of drug-likeness (QED) is 0.702. The van der Waals surface area contributed by atoms with Crippen molar-refractivity contribution in [2.45, 2.75) is 25.8 Å². The van der Waals surface area contributed by atoms with Crippen molar-refractivity contribution >= 4 is 5.91 Å². The van der Waals surface area contributed by atoms with E-state index in [1.807, 2.05) is 37.3 Å². The fourth-order valence-electron chi connectivity index (χ4n) is 1.31. The van der Waals surface area contributed by atoms with Gasteiger partial charge in [-0.05, 0) is 25.0 Å². The highest BCUT2D eigenvalue weighted by Crippen LogP contribution is 2.07. The van der Waals surface area contributed by atoms with E-state index >= 15 is 0 Å². The van der Waals surface area contributed by atoms with Crippen LogP contribution in [-0.2, 0) is 4.79 Å².